The van der Waals surface area contributed by atoms with Gasteiger partial charge in [-0.05, 0) is 50.8 Å². The summed E-state index contributed by atoms with van der Waals surface area (Å²) in [6.07, 6.45) is 4.03. The van der Waals surface area contributed by atoms with Gasteiger partial charge in [0.25, 0.3) is 0 Å². The highest BCUT2D eigenvalue weighted by Gasteiger charge is 2.44. The van der Waals surface area contributed by atoms with Crippen molar-refractivity contribution in [2.24, 2.45) is 0 Å². The number of nitrogens with zero attached hydrogens (tertiary/aromatic N) is 3. The van der Waals surface area contributed by atoms with Gasteiger partial charge in [0.2, 0.25) is 5.82 Å². The lowest BCUT2D eigenvalue weighted by Crippen LogP contribution is -2.20. The minimum atomic E-state index is 0.284. The van der Waals surface area contributed by atoms with E-state index in [1.54, 1.807) is 0 Å². The van der Waals surface area contributed by atoms with Crippen LogP contribution in [0.25, 0.3) is 11.6 Å². The highest BCUT2D eigenvalue weighted by Crippen LogP contribution is 2.44. The SMILES string of the molecule is Cc1cccc(Cn2nc(-c3ccc(C)o3)nc2[C@@H]2C[C@@H]3CC[C@H]2O3)c1. The molecule has 0 spiro atoms. The Morgan fingerprint density at radius 2 is 2.08 bits per heavy atom. The van der Waals surface area contributed by atoms with Crippen molar-refractivity contribution < 1.29 is 9.15 Å². The molecular weight excluding hydrogens is 326 g/mol. The van der Waals surface area contributed by atoms with Crippen molar-refractivity contribution in [3.63, 3.8) is 0 Å². The van der Waals surface area contributed by atoms with Crippen LogP contribution in [0.3, 0.4) is 0 Å². The molecule has 0 aliphatic carbocycles. The zero-order valence-corrected chi connectivity index (χ0v) is 15.2. The minimum Gasteiger partial charge on any atom is -0.458 e. The number of ether oxygens (including phenoxy) is 1. The first kappa shape index (κ1) is 15.8. The Kier molecular flexibility index (Phi) is 3.71. The van der Waals surface area contributed by atoms with E-state index in [1.165, 1.54) is 17.5 Å². The fourth-order valence-corrected chi connectivity index (χ4v) is 4.30. The summed E-state index contributed by atoms with van der Waals surface area (Å²) < 4.78 is 13.9. The van der Waals surface area contributed by atoms with Gasteiger partial charge < -0.3 is 9.15 Å². The van der Waals surface area contributed by atoms with Gasteiger partial charge in [-0.1, -0.05) is 29.8 Å². The fourth-order valence-electron chi connectivity index (χ4n) is 4.30. The highest BCUT2D eigenvalue weighted by molar-refractivity contribution is 5.47. The third-order valence-corrected chi connectivity index (χ3v) is 5.51. The predicted molar refractivity (Wildman–Crippen MR) is 98.0 cm³/mol. The first-order valence-corrected chi connectivity index (χ1v) is 9.38. The van der Waals surface area contributed by atoms with E-state index in [-0.39, 0.29) is 6.10 Å². The van der Waals surface area contributed by atoms with Crippen molar-refractivity contribution in [1.29, 1.82) is 0 Å². The highest BCUT2D eigenvalue weighted by atomic mass is 16.5. The molecule has 2 saturated heterocycles. The number of benzene rings is 1. The van der Waals surface area contributed by atoms with Crippen LogP contribution in [0.5, 0.6) is 0 Å². The van der Waals surface area contributed by atoms with Crippen molar-refractivity contribution >= 4 is 0 Å². The molecule has 0 amide bonds. The number of furan rings is 1. The number of aromatic nitrogens is 3. The van der Waals surface area contributed by atoms with Crippen LogP contribution in [0.4, 0.5) is 0 Å². The molecule has 26 heavy (non-hydrogen) atoms. The quantitative estimate of drug-likeness (QED) is 0.707. The maximum Gasteiger partial charge on any atom is 0.217 e. The number of hydrogen-bond donors (Lipinski definition) is 0. The Hall–Kier alpha value is -2.40. The van der Waals surface area contributed by atoms with E-state index in [4.69, 9.17) is 19.2 Å². The Bertz CT molecular complexity index is 942. The summed E-state index contributed by atoms with van der Waals surface area (Å²) in [4.78, 5) is 4.89. The average Bonchev–Trinajstić information content (AvgIpc) is 3.38. The normalized spacial score (nSPS) is 24.5. The lowest BCUT2D eigenvalue weighted by Gasteiger charge is -2.18. The smallest absolute Gasteiger partial charge is 0.217 e. The lowest BCUT2D eigenvalue weighted by molar-refractivity contribution is 0.0995. The predicted octanol–water partition coefficient (Wildman–Crippen LogP) is 4.24. The molecule has 3 atom stereocenters. The van der Waals surface area contributed by atoms with Crippen LogP contribution in [0.2, 0.25) is 0 Å². The molecule has 3 aromatic rings. The van der Waals surface area contributed by atoms with Gasteiger partial charge in [-0.25, -0.2) is 9.67 Å². The zero-order valence-electron chi connectivity index (χ0n) is 15.2. The van der Waals surface area contributed by atoms with E-state index < -0.39 is 0 Å². The van der Waals surface area contributed by atoms with E-state index in [9.17, 15) is 0 Å². The molecule has 0 saturated carbocycles. The molecular formula is C21H23N3O2. The van der Waals surface area contributed by atoms with Crippen LogP contribution < -0.4 is 0 Å². The van der Waals surface area contributed by atoms with Crippen molar-refractivity contribution in [3.8, 4) is 11.6 Å². The molecule has 2 aliphatic rings. The molecule has 134 valence electrons. The summed E-state index contributed by atoms with van der Waals surface area (Å²) in [5.74, 6) is 3.64. The van der Waals surface area contributed by atoms with Gasteiger partial charge in [0, 0.05) is 5.92 Å². The molecule has 2 bridgehead atoms. The first-order chi connectivity index (χ1) is 12.7. The standard InChI is InChI=1S/C21H23N3O2/c1-13-4-3-5-15(10-13)12-24-21(17-11-16-7-9-18(17)26-16)22-20(23-24)19-8-6-14(2)25-19/h3-6,8,10,16-18H,7,9,11-12H2,1-2H3/t16-,17+,18+/m0/s1. The van der Waals surface area contributed by atoms with Crippen molar-refractivity contribution in [2.45, 2.75) is 57.8 Å². The first-order valence-electron chi connectivity index (χ1n) is 9.38. The van der Waals surface area contributed by atoms with Gasteiger partial charge in [0.15, 0.2) is 5.76 Å². The van der Waals surface area contributed by atoms with Crippen LogP contribution in [0, 0.1) is 13.8 Å². The summed E-state index contributed by atoms with van der Waals surface area (Å²) in [7, 11) is 0. The molecule has 5 nitrogen and oxygen atoms in total. The number of rotatable bonds is 4. The zero-order chi connectivity index (χ0) is 17.7. The monoisotopic (exact) mass is 349 g/mol. The van der Waals surface area contributed by atoms with Crippen molar-refractivity contribution in [3.05, 3.63) is 59.1 Å². The van der Waals surface area contributed by atoms with Gasteiger partial charge >= 0.3 is 0 Å². The molecule has 5 heteroatoms. The average molecular weight is 349 g/mol. The molecule has 2 aromatic heterocycles. The molecule has 5 rings (SSSR count). The topological polar surface area (TPSA) is 53.1 Å². The second kappa shape index (κ2) is 6.09. The number of hydrogen-bond acceptors (Lipinski definition) is 4. The molecule has 2 fully saturated rings. The van der Waals surface area contributed by atoms with Gasteiger partial charge in [0.05, 0.1) is 18.8 Å². The summed E-state index contributed by atoms with van der Waals surface area (Å²) in [6.45, 7) is 4.78. The van der Waals surface area contributed by atoms with E-state index in [1.807, 2.05) is 19.1 Å². The van der Waals surface area contributed by atoms with Crippen LogP contribution in [-0.4, -0.2) is 27.0 Å². The van der Waals surface area contributed by atoms with Crippen molar-refractivity contribution in [2.75, 3.05) is 0 Å². The van der Waals surface area contributed by atoms with Gasteiger partial charge in [-0.2, -0.15) is 0 Å². The lowest BCUT2D eigenvalue weighted by atomic mass is 9.88. The molecule has 2 aliphatic heterocycles. The van der Waals surface area contributed by atoms with Gasteiger partial charge in [0.1, 0.15) is 11.6 Å². The maximum atomic E-state index is 6.08. The maximum absolute atomic E-state index is 6.08. The van der Waals surface area contributed by atoms with Crippen LogP contribution in [-0.2, 0) is 11.3 Å². The Labute approximate surface area is 153 Å². The molecule has 0 unspecified atom stereocenters. The largest absolute Gasteiger partial charge is 0.458 e. The number of aryl methyl sites for hydroxylation is 2. The summed E-state index contributed by atoms with van der Waals surface area (Å²) in [5.41, 5.74) is 2.50. The Morgan fingerprint density at radius 3 is 2.77 bits per heavy atom. The third-order valence-electron chi connectivity index (χ3n) is 5.51. The summed E-state index contributed by atoms with van der Waals surface area (Å²) >= 11 is 0. The number of fused-ring (bicyclic) bond motifs is 2. The van der Waals surface area contributed by atoms with Crippen LogP contribution in [0.1, 0.15) is 47.9 Å². The van der Waals surface area contributed by atoms with E-state index in [0.29, 0.717) is 17.8 Å². The van der Waals surface area contributed by atoms with E-state index >= 15 is 0 Å². The summed E-state index contributed by atoms with van der Waals surface area (Å²) in [6, 6.07) is 12.5. The van der Waals surface area contributed by atoms with E-state index in [2.05, 4.69) is 35.9 Å². The molecule has 1 aromatic carbocycles. The molecule has 0 radical (unpaired) electrons. The van der Waals surface area contributed by atoms with Crippen LogP contribution >= 0.6 is 0 Å². The Balaban J connectivity index is 1.54. The van der Waals surface area contributed by atoms with Crippen molar-refractivity contribution in [1.82, 2.24) is 14.8 Å². The minimum absolute atomic E-state index is 0.284. The van der Waals surface area contributed by atoms with Crippen LogP contribution in [0.15, 0.2) is 40.8 Å². The second-order valence-electron chi connectivity index (χ2n) is 7.57. The summed E-state index contributed by atoms with van der Waals surface area (Å²) in [5, 5.41) is 4.80. The van der Waals surface area contributed by atoms with E-state index in [0.717, 1.165) is 36.7 Å². The molecule has 4 heterocycles. The third kappa shape index (κ3) is 2.76. The van der Waals surface area contributed by atoms with Gasteiger partial charge in [-0.15, -0.1) is 5.10 Å². The fraction of sp³-hybridized carbons (Fsp3) is 0.429. The Morgan fingerprint density at radius 1 is 1.15 bits per heavy atom. The molecule has 0 N–H and O–H groups in total. The second-order valence-corrected chi connectivity index (χ2v) is 7.57. The van der Waals surface area contributed by atoms with Gasteiger partial charge in [-0.3, -0.25) is 0 Å².